The van der Waals surface area contributed by atoms with Crippen LogP contribution < -0.4 is 10.2 Å². The Balaban J connectivity index is 1.46. The number of ether oxygens (including phenoxy) is 2. The summed E-state index contributed by atoms with van der Waals surface area (Å²) in [6, 6.07) is 16.7. The van der Waals surface area contributed by atoms with Gasteiger partial charge in [-0.3, -0.25) is 15.0 Å². The van der Waals surface area contributed by atoms with Crippen LogP contribution in [-0.4, -0.2) is 41.3 Å². The van der Waals surface area contributed by atoms with E-state index in [1.165, 1.54) is 14.2 Å². The van der Waals surface area contributed by atoms with Gasteiger partial charge in [0, 0.05) is 17.2 Å². The van der Waals surface area contributed by atoms with Gasteiger partial charge in [0.25, 0.3) is 11.8 Å². The van der Waals surface area contributed by atoms with Crippen LogP contribution >= 0.6 is 24.0 Å². The molecule has 0 unspecified atom stereocenters. The number of methoxy groups -OCH3 is 2. The molecule has 172 valence electrons. The van der Waals surface area contributed by atoms with Gasteiger partial charge in [-0.2, -0.15) is 5.01 Å². The van der Waals surface area contributed by atoms with Crippen LogP contribution in [0.4, 0.5) is 0 Å². The molecule has 0 atom stereocenters. The molecule has 34 heavy (non-hydrogen) atoms. The van der Waals surface area contributed by atoms with E-state index in [-0.39, 0.29) is 4.32 Å². The van der Waals surface area contributed by atoms with E-state index < -0.39 is 17.8 Å². The molecular formula is C24H18N2O6S2. The number of furan rings is 1. The summed E-state index contributed by atoms with van der Waals surface area (Å²) in [7, 11) is 2.85. The van der Waals surface area contributed by atoms with Gasteiger partial charge < -0.3 is 13.9 Å². The molecule has 0 aliphatic carbocycles. The lowest BCUT2D eigenvalue weighted by molar-refractivity contribution is -0.123. The van der Waals surface area contributed by atoms with Crippen molar-refractivity contribution in [2.75, 3.05) is 14.2 Å². The van der Waals surface area contributed by atoms with Crippen LogP contribution in [0.5, 0.6) is 5.75 Å². The SMILES string of the molecule is COC(=O)c1ccc(-c2ccc(/C=C3/SC(=S)N(NC(=O)c4ccc(OC)cc4)C3=O)o2)cc1. The number of nitrogens with zero attached hydrogens (tertiary/aromatic N) is 1. The Labute approximate surface area is 204 Å². The summed E-state index contributed by atoms with van der Waals surface area (Å²) in [6.07, 6.45) is 1.56. The Morgan fingerprint density at radius 1 is 1.00 bits per heavy atom. The molecular weight excluding hydrogens is 476 g/mol. The number of benzene rings is 2. The smallest absolute Gasteiger partial charge is 0.337 e. The molecule has 2 amide bonds. The molecule has 2 aromatic carbocycles. The molecule has 0 radical (unpaired) electrons. The molecule has 1 aliphatic rings. The summed E-state index contributed by atoms with van der Waals surface area (Å²) in [6.45, 7) is 0. The largest absolute Gasteiger partial charge is 0.497 e. The minimum absolute atomic E-state index is 0.197. The lowest BCUT2D eigenvalue weighted by Gasteiger charge is -2.15. The van der Waals surface area contributed by atoms with Crippen molar-refractivity contribution < 1.29 is 28.3 Å². The van der Waals surface area contributed by atoms with Gasteiger partial charge in [0.1, 0.15) is 17.3 Å². The van der Waals surface area contributed by atoms with Gasteiger partial charge in [-0.15, -0.1) is 0 Å². The van der Waals surface area contributed by atoms with Gasteiger partial charge >= 0.3 is 5.97 Å². The molecule has 1 aromatic heterocycles. The van der Waals surface area contributed by atoms with Crippen LogP contribution in [0, 0.1) is 0 Å². The van der Waals surface area contributed by atoms with E-state index >= 15 is 0 Å². The molecule has 2 heterocycles. The molecule has 1 N–H and O–H groups in total. The van der Waals surface area contributed by atoms with Crippen molar-refractivity contribution in [1.82, 2.24) is 10.4 Å². The Bertz CT molecular complexity index is 1300. The third-order valence-corrected chi connectivity index (χ3v) is 6.15. The first kappa shape index (κ1) is 23.3. The van der Waals surface area contributed by atoms with Crippen LogP contribution in [0.15, 0.2) is 70.0 Å². The van der Waals surface area contributed by atoms with E-state index in [2.05, 4.69) is 5.43 Å². The minimum atomic E-state index is -0.476. The lowest BCUT2D eigenvalue weighted by Crippen LogP contribution is -2.44. The monoisotopic (exact) mass is 494 g/mol. The van der Waals surface area contributed by atoms with Gasteiger partial charge in [0.05, 0.1) is 24.7 Å². The number of hydrazine groups is 1. The third-order valence-electron chi connectivity index (χ3n) is 4.85. The second kappa shape index (κ2) is 9.94. The number of hydrogen-bond donors (Lipinski definition) is 1. The average Bonchev–Trinajstić information content (AvgIpc) is 3.43. The summed E-state index contributed by atoms with van der Waals surface area (Å²) in [4.78, 5) is 37.2. The number of carbonyl (C=O) groups is 3. The first-order valence-electron chi connectivity index (χ1n) is 9.91. The third kappa shape index (κ3) is 4.87. The average molecular weight is 495 g/mol. The zero-order valence-corrected chi connectivity index (χ0v) is 19.7. The van der Waals surface area contributed by atoms with Crippen LogP contribution in [0.3, 0.4) is 0 Å². The number of thioether (sulfide) groups is 1. The number of hydrogen-bond acceptors (Lipinski definition) is 8. The molecule has 4 rings (SSSR count). The van der Waals surface area contributed by atoms with Crippen molar-refractivity contribution >= 4 is 52.2 Å². The van der Waals surface area contributed by atoms with Crippen LogP contribution in [0.2, 0.25) is 0 Å². The van der Waals surface area contributed by atoms with Crippen LogP contribution in [-0.2, 0) is 9.53 Å². The van der Waals surface area contributed by atoms with Gasteiger partial charge in [0.15, 0.2) is 4.32 Å². The molecule has 0 bridgehead atoms. The number of thiocarbonyl (C=S) groups is 1. The zero-order valence-electron chi connectivity index (χ0n) is 18.1. The van der Waals surface area contributed by atoms with E-state index in [1.807, 2.05) is 0 Å². The van der Waals surface area contributed by atoms with Gasteiger partial charge in [0.2, 0.25) is 0 Å². The van der Waals surface area contributed by atoms with E-state index in [1.54, 1.807) is 66.7 Å². The van der Waals surface area contributed by atoms with Gasteiger partial charge in [-0.1, -0.05) is 23.9 Å². The summed E-state index contributed by atoms with van der Waals surface area (Å²) >= 11 is 6.32. The van der Waals surface area contributed by atoms with Crippen molar-refractivity contribution in [3.05, 3.63) is 82.5 Å². The molecule has 0 spiro atoms. The Morgan fingerprint density at radius 2 is 1.68 bits per heavy atom. The highest BCUT2D eigenvalue weighted by Gasteiger charge is 2.34. The normalized spacial score (nSPS) is 14.4. The van der Waals surface area contributed by atoms with Gasteiger partial charge in [-0.25, -0.2) is 4.79 Å². The fraction of sp³-hybridized carbons (Fsp3) is 0.0833. The highest BCUT2D eigenvalue weighted by molar-refractivity contribution is 8.26. The maximum absolute atomic E-state index is 12.8. The molecule has 1 saturated heterocycles. The number of amides is 2. The number of rotatable bonds is 6. The zero-order chi connectivity index (χ0) is 24.2. The minimum Gasteiger partial charge on any atom is -0.497 e. The maximum Gasteiger partial charge on any atom is 0.337 e. The first-order valence-corrected chi connectivity index (χ1v) is 11.1. The Kier molecular flexibility index (Phi) is 6.80. The Morgan fingerprint density at radius 3 is 2.32 bits per heavy atom. The van der Waals surface area contributed by atoms with Crippen LogP contribution in [0.25, 0.3) is 17.4 Å². The van der Waals surface area contributed by atoms with Gasteiger partial charge in [-0.05, 0) is 60.7 Å². The quantitative estimate of drug-likeness (QED) is 0.308. The van der Waals surface area contributed by atoms with Crippen LogP contribution in [0.1, 0.15) is 26.5 Å². The summed E-state index contributed by atoms with van der Waals surface area (Å²) in [5.74, 6) is 0.253. The van der Waals surface area contributed by atoms with E-state index in [9.17, 15) is 14.4 Å². The van der Waals surface area contributed by atoms with Crippen molar-refractivity contribution in [3.8, 4) is 17.1 Å². The highest BCUT2D eigenvalue weighted by Crippen LogP contribution is 2.33. The summed E-state index contributed by atoms with van der Waals surface area (Å²) in [5.41, 5.74) is 4.07. The second-order valence-electron chi connectivity index (χ2n) is 6.96. The second-order valence-corrected chi connectivity index (χ2v) is 8.63. The fourth-order valence-electron chi connectivity index (χ4n) is 3.08. The standard InChI is InChI=1S/C24H18N2O6S2/c1-30-17-9-7-15(8-10-17)21(27)25-26-22(28)20(34-24(26)33)13-18-11-12-19(32-18)14-3-5-16(6-4-14)23(29)31-2/h3-13H,1-2H3,(H,25,27)/b20-13+. The lowest BCUT2D eigenvalue weighted by atomic mass is 10.1. The first-order chi connectivity index (χ1) is 16.4. The number of nitrogens with one attached hydrogen (secondary N) is 1. The Hall–Kier alpha value is -3.89. The molecule has 3 aromatic rings. The molecule has 10 heteroatoms. The van der Waals surface area contributed by atoms with E-state index in [0.717, 1.165) is 22.3 Å². The maximum atomic E-state index is 12.8. The van der Waals surface area contributed by atoms with Crippen molar-refractivity contribution in [2.24, 2.45) is 0 Å². The number of carbonyl (C=O) groups excluding carboxylic acids is 3. The number of esters is 1. The summed E-state index contributed by atoms with van der Waals surface area (Å²) < 4.78 is 15.8. The van der Waals surface area contributed by atoms with Crippen molar-refractivity contribution in [2.45, 2.75) is 0 Å². The molecule has 8 nitrogen and oxygen atoms in total. The van der Waals surface area contributed by atoms with E-state index in [4.69, 9.17) is 26.1 Å². The summed E-state index contributed by atoms with van der Waals surface area (Å²) in [5, 5.41) is 1.04. The molecule has 1 aliphatic heterocycles. The molecule has 0 saturated carbocycles. The predicted octanol–water partition coefficient (Wildman–Crippen LogP) is 4.29. The predicted molar refractivity (Wildman–Crippen MR) is 131 cm³/mol. The topological polar surface area (TPSA) is 98.1 Å². The van der Waals surface area contributed by atoms with E-state index in [0.29, 0.717) is 33.3 Å². The fourth-order valence-corrected chi connectivity index (χ4v) is 4.24. The van der Waals surface area contributed by atoms with Crippen molar-refractivity contribution in [1.29, 1.82) is 0 Å². The highest BCUT2D eigenvalue weighted by atomic mass is 32.2. The van der Waals surface area contributed by atoms with Crippen molar-refractivity contribution in [3.63, 3.8) is 0 Å². The molecule has 1 fully saturated rings.